The summed E-state index contributed by atoms with van der Waals surface area (Å²) in [6, 6.07) is 7.48. The average Bonchev–Trinajstić information content (AvgIpc) is 3.34. The number of anilines is 1. The van der Waals surface area contributed by atoms with E-state index in [1.165, 1.54) is 18.2 Å². The Labute approximate surface area is 179 Å². The zero-order chi connectivity index (χ0) is 21.5. The average molecular weight is 418 g/mol. The van der Waals surface area contributed by atoms with Gasteiger partial charge in [-0.15, -0.1) is 0 Å². The van der Waals surface area contributed by atoms with Gasteiger partial charge < -0.3 is 10.2 Å². The standard InChI is InChI=1S/C23H23FN6O/c1-13-8-14(2)29-23(28-13)30-11-15-10-27-20(19(15)12-30)21(31)17-5-4-16(24)9-18(17)22-25-6-3-7-26-22/h3-9,15,19-20,27H,10-12H2,1-2H3. The first-order valence-corrected chi connectivity index (χ1v) is 10.4. The smallest absolute Gasteiger partial charge is 0.225 e. The molecule has 0 saturated carbocycles. The van der Waals surface area contributed by atoms with E-state index >= 15 is 0 Å². The fraction of sp³-hybridized carbons (Fsp3) is 0.348. The van der Waals surface area contributed by atoms with Crippen molar-refractivity contribution in [2.75, 3.05) is 24.5 Å². The number of nitrogens with zero attached hydrogens (tertiary/aromatic N) is 5. The molecule has 1 aromatic carbocycles. The Bertz CT molecular complexity index is 1120. The van der Waals surface area contributed by atoms with Crippen LogP contribution in [0.2, 0.25) is 0 Å². The van der Waals surface area contributed by atoms with Crippen LogP contribution in [-0.2, 0) is 0 Å². The third kappa shape index (κ3) is 3.67. The van der Waals surface area contributed by atoms with Crippen molar-refractivity contribution in [2.45, 2.75) is 19.9 Å². The van der Waals surface area contributed by atoms with Gasteiger partial charge in [0, 0.05) is 60.5 Å². The number of carbonyl (C=O) groups is 1. The van der Waals surface area contributed by atoms with E-state index in [9.17, 15) is 9.18 Å². The fourth-order valence-corrected chi connectivity index (χ4v) is 4.74. The normalized spacial score (nSPS) is 22.5. The van der Waals surface area contributed by atoms with Crippen LogP contribution >= 0.6 is 0 Å². The molecule has 2 saturated heterocycles. The van der Waals surface area contributed by atoms with E-state index in [2.05, 4.69) is 30.2 Å². The lowest BCUT2D eigenvalue weighted by molar-refractivity contribution is 0.0931. The first-order valence-electron chi connectivity index (χ1n) is 10.4. The van der Waals surface area contributed by atoms with E-state index in [0.29, 0.717) is 29.4 Å². The van der Waals surface area contributed by atoms with Crippen LogP contribution in [0.5, 0.6) is 0 Å². The zero-order valence-corrected chi connectivity index (χ0v) is 17.4. The maximum Gasteiger partial charge on any atom is 0.225 e. The Balaban J connectivity index is 1.43. The van der Waals surface area contributed by atoms with E-state index in [1.54, 1.807) is 18.5 Å². The van der Waals surface area contributed by atoms with Crippen molar-refractivity contribution in [3.8, 4) is 11.4 Å². The van der Waals surface area contributed by atoms with Gasteiger partial charge in [0.1, 0.15) is 5.82 Å². The number of hydrogen-bond acceptors (Lipinski definition) is 7. The maximum absolute atomic E-state index is 14.0. The van der Waals surface area contributed by atoms with Crippen molar-refractivity contribution in [2.24, 2.45) is 11.8 Å². The highest BCUT2D eigenvalue weighted by Gasteiger charge is 2.46. The molecule has 2 aromatic heterocycles. The van der Waals surface area contributed by atoms with Gasteiger partial charge in [-0.05, 0) is 50.1 Å². The number of nitrogens with one attached hydrogen (secondary N) is 1. The number of rotatable bonds is 4. The molecule has 158 valence electrons. The molecular formula is C23H23FN6O. The minimum absolute atomic E-state index is 0.0573. The van der Waals surface area contributed by atoms with E-state index < -0.39 is 5.82 Å². The number of halogens is 1. The molecule has 0 bridgehead atoms. The van der Waals surface area contributed by atoms with Crippen LogP contribution in [0, 0.1) is 31.5 Å². The Morgan fingerprint density at radius 2 is 1.84 bits per heavy atom. The first kappa shape index (κ1) is 19.7. The third-order valence-corrected chi connectivity index (χ3v) is 6.11. The zero-order valence-electron chi connectivity index (χ0n) is 17.4. The van der Waals surface area contributed by atoms with Crippen molar-refractivity contribution in [1.82, 2.24) is 25.3 Å². The van der Waals surface area contributed by atoms with Crippen LogP contribution in [0.25, 0.3) is 11.4 Å². The molecule has 0 spiro atoms. The van der Waals surface area contributed by atoms with Crippen LogP contribution in [-0.4, -0.2) is 51.4 Å². The van der Waals surface area contributed by atoms with Crippen molar-refractivity contribution in [3.05, 3.63) is 65.5 Å². The van der Waals surface area contributed by atoms with Crippen LogP contribution in [0.15, 0.2) is 42.7 Å². The highest BCUT2D eigenvalue weighted by atomic mass is 19.1. The predicted octanol–water partition coefficient (Wildman–Crippen LogP) is 2.60. The van der Waals surface area contributed by atoms with E-state index in [1.807, 2.05) is 19.9 Å². The van der Waals surface area contributed by atoms with Gasteiger partial charge in [-0.3, -0.25) is 4.79 Å². The van der Waals surface area contributed by atoms with Crippen LogP contribution in [0.1, 0.15) is 21.7 Å². The highest BCUT2D eigenvalue weighted by Crippen LogP contribution is 2.35. The first-order chi connectivity index (χ1) is 15.0. The minimum Gasteiger partial charge on any atom is -0.340 e. The summed E-state index contributed by atoms with van der Waals surface area (Å²) in [6.07, 6.45) is 3.17. The van der Waals surface area contributed by atoms with Gasteiger partial charge in [0.15, 0.2) is 11.6 Å². The molecule has 0 radical (unpaired) electrons. The summed E-state index contributed by atoms with van der Waals surface area (Å²) < 4.78 is 14.0. The van der Waals surface area contributed by atoms with Gasteiger partial charge in [0.25, 0.3) is 0 Å². The summed E-state index contributed by atoms with van der Waals surface area (Å²) in [4.78, 5) is 33.3. The lowest BCUT2D eigenvalue weighted by Crippen LogP contribution is -2.39. The molecule has 3 unspecified atom stereocenters. The monoisotopic (exact) mass is 418 g/mol. The Morgan fingerprint density at radius 3 is 2.58 bits per heavy atom. The van der Waals surface area contributed by atoms with Gasteiger partial charge in [0.2, 0.25) is 5.95 Å². The molecule has 3 aromatic rings. The lowest BCUT2D eigenvalue weighted by Gasteiger charge is -2.21. The quantitative estimate of drug-likeness (QED) is 0.652. The summed E-state index contributed by atoms with van der Waals surface area (Å²) in [7, 11) is 0. The molecule has 0 amide bonds. The number of hydrogen-bond donors (Lipinski definition) is 1. The molecule has 5 rings (SSSR count). The maximum atomic E-state index is 14.0. The summed E-state index contributed by atoms with van der Waals surface area (Å²) >= 11 is 0. The second-order valence-corrected chi connectivity index (χ2v) is 8.29. The Hall–Kier alpha value is -3.26. The van der Waals surface area contributed by atoms with Crippen LogP contribution < -0.4 is 10.2 Å². The van der Waals surface area contributed by atoms with E-state index in [4.69, 9.17) is 0 Å². The number of aromatic nitrogens is 4. The number of carbonyl (C=O) groups excluding carboxylic acids is 1. The van der Waals surface area contributed by atoms with Gasteiger partial charge in [-0.25, -0.2) is 24.3 Å². The van der Waals surface area contributed by atoms with Crippen molar-refractivity contribution in [3.63, 3.8) is 0 Å². The summed E-state index contributed by atoms with van der Waals surface area (Å²) in [5, 5.41) is 3.39. The summed E-state index contributed by atoms with van der Waals surface area (Å²) in [5.41, 5.74) is 2.73. The molecule has 3 atom stereocenters. The molecule has 0 aliphatic carbocycles. The molecular weight excluding hydrogens is 395 g/mol. The van der Waals surface area contributed by atoms with Gasteiger partial charge >= 0.3 is 0 Å². The molecule has 1 N–H and O–H groups in total. The van der Waals surface area contributed by atoms with Gasteiger partial charge in [-0.1, -0.05) is 0 Å². The molecule has 2 fully saturated rings. The summed E-state index contributed by atoms with van der Waals surface area (Å²) in [5.74, 6) is 1.05. The Kier molecular flexibility index (Phi) is 4.94. The minimum atomic E-state index is -0.421. The molecule has 4 heterocycles. The van der Waals surface area contributed by atoms with Crippen molar-refractivity contribution in [1.29, 1.82) is 0 Å². The topological polar surface area (TPSA) is 83.9 Å². The number of benzene rings is 1. The number of Topliss-reactive ketones (excluding diaryl/α,β-unsaturated/α-hetero) is 1. The van der Waals surface area contributed by atoms with Crippen molar-refractivity contribution < 1.29 is 9.18 Å². The van der Waals surface area contributed by atoms with Crippen LogP contribution in [0.4, 0.5) is 10.3 Å². The molecule has 2 aliphatic heterocycles. The van der Waals surface area contributed by atoms with Gasteiger partial charge in [-0.2, -0.15) is 0 Å². The second kappa shape index (κ2) is 7.77. The predicted molar refractivity (Wildman–Crippen MR) is 114 cm³/mol. The number of fused-ring (bicyclic) bond motifs is 1. The number of ketones is 1. The third-order valence-electron chi connectivity index (χ3n) is 6.11. The van der Waals surface area contributed by atoms with Crippen molar-refractivity contribution >= 4 is 11.7 Å². The SMILES string of the molecule is Cc1cc(C)nc(N2CC3CNC(C(=O)c4ccc(F)cc4-c4ncccn4)C3C2)n1. The van der Waals surface area contributed by atoms with E-state index in [-0.39, 0.29) is 17.7 Å². The van der Waals surface area contributed by atoms with E-state index in [0.717, 1.165) is 30.4 Å². The Morgan fingerprint density at radius 1 is 1.10 bits per heavy atom. The second-order valence-electron chi connectivity index (χ2n) is 8.29. The molecule has 31 heavy (non-hydrogen) atoms. The molecule has 8 heteroatoms. The lowest BCUT2D eigenvalue weighted by atomic mass is 9.88. The molecule has 2 aliphatic rings. The largest absolute Gasteiger partial charge is 0.340 e. The highest BCUT2D eigenvalue weighted by molar-refractivity contribution is 6.05. The number of aryl methyl sites for hydroxylation is 2. The molecule has 7 nitrogen and oxygen atoms in total. The fourth-order valence-electron chi connectivity index (χ4n) is 4.74. The van der Waals surface area contributed by atoms with Crippen LogP contribution in [0.3, 0.4) is 0 Å². The summed E-state index contributed by atoms with van der Waals surface area (Å²) in [6.45, 7) is 6.19. The van der Waals surface area contributed by atoms with Gasteiger partial charge in [0.05, 0.1) is 6.04 Å².